The number of nitrogens with zero attached hydrogens (tertiary/aromatic N) is 1. The summed E-state index contributed by atoms with van der Waals surface area (Å²) in [6, 6.07) is 3.71. The molecule has 1 aromatic rings. The van der Waals surface area contributed by atoms with Gasteiger partial charge in [0.05, 0.1) is 12.2 Å². The number of alkyl halides is 3. The van der Waals surface area contributed by atoms with Crippen molar-refractivity contribution < 1.29 is 22.7 Å². The van der Waals surface area contributed by atoms with E-state index in [1.807, 2.05) is 6.92 Å². The number of carbonyl (C=O) groups is 1. The van der Waals surface area contributed by atoms with Crippen LogP contribution in [0, 0.1) is 0 Å². The summed E-state index contributed by atoms with van der Waals surface area (Å²) in [5.41, 5.74) is -0.826. The largest absolute Gasteiger partial charge is 0.417 e. The molecule has 0 fully saturated rings. The highest BCUT2D eigenvalue weighted by Gasteiger charge is 2.33. The van der Waals surface area contributed by atoms with E-state index >= 15 is 0 Å². The summed E-state index contributed by atoms with van der Waals surface area (Å²) in [4.78, 5) is 12.4. The fraction of sp³-hybridized carbons (Fsp3) is 0.462. The molecule has 0 saturated heterocycles. The van der Waals surface area contributed by atoms with Crippen molar-refractivity contribution in [3.8, 4) is 0 Å². The maximum absolute atomic E-state index is 12.8. The number of methoxy groups -OCH3 is 1. The molecule has 6 heteroatoms. The molecule has 0 spiro atoms. The van der Waals surface area contributed by atoms with Crippen LogP contribution in [-0.2, 0) is 10.9 Å². The minimum absolute atomic E-state index is 0.220. The van der Waals surface area contributed by atoms with E-state index < -0.39 is 11.7 Å². The minimum Gasteiger partial charge on any atom is -0.383 e. The molecule has 1 aromatic carbocycles. The molecular weight excluding hydrogens is 259 g/mol. The van der Waals surface area contributed by atoms with Crippen LogP contribution < -0.4 is 4.90 Å². The number of aldehydes is 1. The quantitative estimate of drug-likeness (QED) is 0.747. The Morgan fingerprint density at radius 1 is 1.37 bits per heavy atom. The number of carbonyl (C=O) groups excluding carboxylic acids is 1. The van der Waals surface area contributed by atoms with Crippen LogP contribution >= 0.6 is 0 Å². The van der Waals surface area contributed by atoms with Gasteiger partial charge in [-0.1, -0.05) is 0 Å². The lowest BCUT2D eigenvalue weighted by Crippen LogP contribution is -2.27. The Balaban J connectivity index is 3.12. The van der Waals surface area contributed by atoms with Crippen LogP contribution in [0.2, 0.25) is 0 Å². The molecule has 0 aromatic heterocycles. The lowest BCUT2D eigenvalue weighted by atomic mass is 10.1. The van der Waals surface area contributed by atoms with Gasteiger partial charge in [0.25, 0.3) is 0 Å². The average Bonchev–Trinajstić information content (AvgIpc) is 2.38. The van der Waals surface area contributed by atoms with Gasteiger partial charge in [-0.25, -0.2) is 0 Å². The molecule has 3 nitrogen and oxygen atoms in total. The molecule has 0 aliphatic heterocycles. The number of rotatable bonds is 6. The highest BCUT2D eigenvalue weighted by Crippen LogP contribution is 2.34. The second kappa shape index (κ2) is 6.56. The molecule has 0 saturated carbocycles. The zero-order valence-electron chi connectivity index (χ0n) is 10.8. The topological polar surface area (TPSA) is 29.5 Å². The third kappa shape index (κ3) is 3.96. The molecule has 0 amide bonds. The van der Waals surface area contributed by atoms with Gasteiger partial charge in [0.15, 0.2) is 6.29 Å². The Bertz CT molecular complexity index is 432. The van der Waals surface area contributed by atoms with E-state index in [0.717, 1.165) is 6.07 Å². The van der Waals surface area contributed by atoms with E-state index in [1.165, 1.54) is 19.2 Å². The maximum atomic E-state index is 12.8. The highest BCUT2D eigenvalue weighted by molar-refractivity contribution is 5.79. The molecule has 0 heterocycles. The van der Waals surface area contributed by atoms with E-state index in [-0.39, 0.29) is 11.8 Å². The van der Waals surface area contributed by atoms with Crippen molar-refractivity contribution in [1.29, 1.82) is 0 Å². The lowest BCUT2D eigenvalue weighted by molar-refractivity contribution is -0.137. The predicted octanol–water partition coefficient (Wildman–Crippen LogP) is 2.99. The number of hydrogen-bond acceptors (Lipinski definition) is 3. The van der Waals surface area contributed by atoms with E-state index in [9.17, 15) is 18.0 Å². The first kappa shape index (κ1) is 15.5. The molecule has 0 aliphatic rings. The zero-order valence-corrected chi connectivity index (χ0v) is 10.8. The summed E-state index contributed by atoms with van der Waals surface area (Å²) in [5.74, 6) is 0. The smallest absolute Gasteiger partial charge is 0.383 e. The third-order valence-corrected chi connectivity index (χ3v) is 2.78. The minimum atomic E-state index is -4.53. The summed E-state index contributed by atoms with van der Waals surface area (Å²) in [6.07, 6.45) is -4.31. The number of benzene rings is 1. The summed E-state index contributed by atoms with van der Waals surface area (Å²) >= 11 is 0. The predicted molar refractivity (Wildman–Crippen MR) is 66.6 cm³/mol. The van der Waals surface area contributed by atoms with Crippen LogP contribution in [-0.4, -0.2) is 33.1 Å². The van der Waals surface area contributed by atoms with Gasteiger partial charge in [-0.05, 0) is 25.1 Å². The molecule has 0 unspecified atom stereocenters. The summed E-state index contributed by atoms with van der Waals surface area (Å²) in [5, 5.41) is 0. The van der Waals surface area contributed by atoms with Crippen molar-refractivity contribution in [2.75, 3.05) is 31.7 Å². The molecule has 1 rings (SSSR count). The highest BCUT2D eigenvalue weighted by atomic mass is 19.4. The van der Waals surface area contributed by atoms with Crippen LogP contribution in [0.5, 0.6) is 0 Å². The second-order valence-corrected chi connectivity index (χ2v) is 3.96. The summed E-state index contributed by atoms with van der Waals surface area (Å²) < 4.78 is 43.4. The molecule has 0 N–H and O–H groups in total. The first-order valence-corrected chi connectivity index (χ1v) is 5.84. The molecule has 0 bridgehead atoms. The molecule has 0 atom stereocenters. The van der Waals surface area contributed by atoms with Crippen LogP contribution in [0.4, 0.5) is 18.9 Å². The van der Waals surface area contributed by atoms with Crippen LogP contribution in [0.15, 0.2) is 18.2 Å². The first-order chi connectivity index (χ1) is 8.93. The number of ether oxygens (including phenoxy) is 1. The average molecular weight is 275 g/mol. The summed E-state index contributed by atoms with van der Waals surface area (Å²) in [6.45, 7) is 3.31. The maximum Gasteiger partial charge on any atom is 0.417 e. The Hall–Kier alpha value is -1.56. The Morgan fingerprint density at radius 3 is 2.53 bits per heavy atom. The first-order valence-electron chi connectivity index (χ1n) is 5.84. The van der Waals surface area contributed by atoms with Gasteiger partial charge in [-0.15, -0.1) is 0 Å². The molecule has 19 heavy (non-hydrogen) atoms. The van der Waals surface area contributed by atoms with Gasteiger partial charge >= 0.3 is 6.18 Å². The van der Waals surface area contributed by atoms with Gasteiger partial charge in [-0.2, -0.15) is 13.2 Å². The molecule has 106 valence electrons. The Morgan fingerprint density at radius 2 is 2.05 bits per heavy atom. The van der Waals surface area contributed by atoms with Crippen molar-refractivity contribution in [1.82, 2.24) is 0 Å². The van der Waals surface area contributed by atoms with Crippen LogP contribution in [0.3, 0.4) is 0 Å². The van der Waals surface area contributed by atoms with Crippen LogP contribution in [0.1, 0.15) is 22.8 Å². The number of hydrogen-bond donors (Lipinski definition) is 0. The van der Waals surface area contributed by atoms with E-state index in [4.69, 9.17) is 4.74 Å². The van der Waals surface area contributed by atoms with E-state index in [1.54, 1.807) is 4.90 Å². The van der Waals surface area contributed by atoms with Crippen molar-refractivity contribution >= 4 is 12.0 Å². The number of likely N-dealkylation sites (N-methyl/N-ethyl adjacent to an activating group) is 1. The van der Waals surface area contributed by atoms with Crippen molar-refractivity contribution in [2.45, 2.75) is 13.1 Å². The normalized spacial score (nSPS) is 11.4. The van der Waals surface area contributed by atoms with Gasteiger partial charge in [0, 0.05) is 31.5 Å². The van der Waals surface area contributed by atoms with Crippen molar-refractivity contribution in [3.63, 3.8) is 0 Å². The van der Waals surface area contributed by atoms with Gasteiger partial charge < -0.3 is 9.64 Å². The van der Waals surface area contributed by atoms with E-state index in [0.29, 0.717) is 25.4 Å². The fourth-order valence-electron chi connectivity index (χ4n) is 1.76. The standard InChI is InChI=1S/C13H16F3NO2/c1-3-17(6-7-19-2)11-5-4-10(9-18)12(8-11)13(14,15)16/h4-5,8-9H,3,6-7H2,1-2H3. The monoisotopic (exact) mass is 275 g/mol. The van der Waals surface area contributed by atoms with Crippen molar-refractivity contribution in [3.05, 3.63) is 29.3 Å². The van der Waals surface area contributed by atoms with Crippen LogP contribution in [0.25, 0.3) is 0 Å². The summed E-state index contributed by atoms with van der Waals surface area (Å²) in [7, 11) is 1.53. The number of anilines is 1. The van der Waals surface area contributed by atoms with Crippen molar-refractivity contribution in [2.24, 2.45) is 0 Å². The molecular formula is C13H16F3NO2. The van der Waals surface area contributed by atoms with E-state index in [2.05, 4.69) is 0 Å². The molecule has 0 radical (unpaired) electrons. The second-order valence-electron chi connectivity index (χ2n) is 3.96. The molecule has 0 aliphatic carbocycles. The Labute approximate surface area is 110 Å². The third-order valence-electron chi connectivity index (χ3n) is 2.78. The SMILES string of the molecule is CCN(CCOC)c1ccc(C=O)c(C(F)(F)F)c1. The Kier molecular flexibility index (Phi) is 5.35. The fourth-order valence-corrected chi connectivity index (χ4v) is 1.76. The zero-order chi connectivity index (χ0) is 14.5. The lowest BCUT2D eigenvalue weighted by Gasteiger charge is -2.24. The van der Waals surface area contributed by atoms with Gasteiger partial charge in [-0.3, -0.25) is 4.79 Å². The van der Waals surface area contributed by atoms with Gasteiger partial charge in [0.1, 0.15) is 0 Å². The van der Waals surface area contributed by atoms with Gasteiger partial charge in [0.2, 0.25) is 0 Å². The number of halogens is 3.